The van der Waals surface area contributed by atoms with Gasteiger partial charge in [-0.1, -0.05) is 26.8 Å². The molecule has 376 valence electrons. The van der Waals surface area contributed by atoms with Crippen molar-refractivity contribution in [1.82, 2.24) is 25.1 Å². The van der Waals surface area contributed by atoms with Gasteiger partial charge in [-0.15, -0.1) is 0 Å². The molecule has 4 aromatic rings. The third kappa shape index (κ3) is 13.6. The smallest absolute Gasteiger partial charge is 0.262 e. The molecule has 0 aliphatic carbocycles. The van der Waals surface area contributed by atoms with Gasteiger partial charge in [-0.25, -0.2) is 18.5 Å². The first-order valence-electron chi connectivity index (χ1n) is 23.6. The standard InChI is InChI=1S/C49H64N10O10S/c1-33-32-52-48(56-44(33)54-39-7-5-8-41(70(50,64)65)43(39)49(2,3)4)53-34-9-12-36(13-10-34)58-21-19-57(20-22-58)18-6-23-66-25-27-68-29-30-69-28-26-67-24-17-51-35-11-14-37-38(31-35)47(63)59(46(37)62)40-15-16-42(60)55-45(40)61/h5,7-14,31-32,40,51H,6,15-30H2,1-4H3,(H2,50,64,65)(H,55,60,61)(H2,52,53,54,56). The fourth-order valence-electron chi connectivity index (χ4n) is 8.52. The lowest BCUT2D eigenvalue weighted by atomic mass is 9.85. The minimum atomic E-state index is -3.95. The lowest BCUT2D eigenvalue weighted by Gasteiger charge is -2.36. The van der Waals surface area contributed by atoms with E-state index in [-0.39, 0.29) is 28.9 Å². The number of primary sulfonamides is 1. The number of ether oxygens (including phenoxy) is 4. The molecular formula is C49H64N10O10S. The molecule has 0 spiro atoms. The summed E-state index contributed by atoms with van der Waals surface area (Å²) >= 11 is 0. The van der Waals surface area contributed by atoms with Gasteiger partial charge in [0.05, 0.1) is 62.3 Å². The van der Waals surface area contributed by atoms with E-state index in [1.54, 1.807) is 30.5 Å². The van der Waals surface area contributed by atoms with Crippen molar-refractivity contribution >= 4 is 68.2 Å². The maximum Gasteiger partial charge on any atom is 0.262 e. The Morgan fingerprint density at radius 1 is 0.786 bits per heavy atom. The number of piperidine rings is 1. The molecule has 1 unspecified atom stereocenters. The highest BCUT2D eigenvalue weighted by atomic mass is 32.2. The lowest BCUT2D eigenvalue weighted by molar-refractivity contribution is -0.136. The molecule has 2 saturated heterocycles. The summed E-state index contributed by atoms with van der Waals surface area (Å²) in [6.45, 7) is 16.7. The summed E-state index contributed by atoms with van der Waals surface area (Å²) in [5.74, 6) is -1.18. The number of fused-ring (bicyclic) bond motifs is 1. The SMILES string of the molecule is Cc1cnc(Nc2ccc(N3CCN(CCCOCCOCCOCCOCCNc4ccc5c(c4)C(=O)N(C4CCC(=O)NC4=O)C5=O)CC3)cc2)nc1Nc1cccc(S(N)(=O)=O)c1C(C)(C)C. The number of aryl methyl sites for hydroxylation is 1. The van der Waals surface area contributed by atoms with Crippen LogP contribution in [0.1, 0.15) is 71.9 Å². The summed E-state index contributed by atoms with van der Waals surface area (Å²) in [6.07, 6.45) is 2.84. The Morgan fingerprint density at radius 3 is 2.09 bits per heavy atom. The Bertz CT molecular complexity index is 2600. The largest absolute Gasteiger partial charge is 0.383 e. The Hall–Kier alpha value is -6.07. The summed E-state index contributed by atoms with van der Waals surface area (Å²) in [7, 11) is -3.95. The zero-order chi connectivity index (χ0) is 49.8. The molecular weight excluding hydrogens is 921 g/mol. The van der Waals surface area contributed by atoms with E-state index in [9.17, 15) is 27.6 Å². The van der Waals surface area contributed by atoms with Gasteiger partial charge in [0, 0.05) is 92.4 Å². The van der Waals surface area contributed by atoms with Crippen molar-refractivity contribution in [1.29, 1.82) is 0 Å². The van der Waals surface area contributed by atoms with Crippen LogP contribution >= 0.6 is 0 Å². The fourth-order valence-corrected chi connectivity index (χ4v) is 9.49. The number of nitrogens with zero attached hydrogens (tertiary/aromatic N) is 5. The van der Waals surface area contributed by atoms with Crippen molar-refractivity contribution in [3.8, 4) is 0 Å². The highest BCUT2D eigenvalue weighted by Gasteiger charge is 2.44. The Kier molecular flexibility index (Phi) is 17.5. The number of aromatic nitrogens is 2. The molecule has 1 aromatic heterocycles. The van der Waals surface area contributed by atoms with Gasteiger partial charge in [-0.2, -0.15) is 4.98 Å². The molecule has 70 heavy (non-hydrogen) atoms. The predicted molar refractivity (Wildman–Crippen MR) is 264 cm³/mol. The van der Waals surface area contributed by atoms with Crippen molar-refractivity contribution < 1.29 is 46.5 Å². The van der Waals surface area contributed by atoms with Gasteiger partial charge < -0.3 is 39.8 Å². The van der Waals surface area contributed by atoms with Crippen LogP contribution in [0.2, 0.25) is 0 Å². The zero-order valence-electron chi connectivity index (χ0n) is 40.3. The first kappa shape index (κ1) is 51.8. The van der Waals surface area contributed by atoms with Crippen LogP contribution in [-0.4, -0.2) is 150 Å². The number of piperazine rings is 1. The summed E-state index contributed by atoms with van der Waals surface area (Å²) in [4.78, 5) is 64.8. The van der Waals surface area contributed by atoms with Crippen LogP contribution in [0.25, 0.3) is 0 Å². The molecule has 21 heteroatoms. The number of rotatable bonds is 24. The second kappa shape index (κ2) is 23.7. The van der Waals surface area contributed by atoms with E-state index in [2.05, 4.69) is 48.2 Å². The number of benzene rings is 3. The molecule has 6 N–H and O–H groups in total. The minimum Gasteiger partial charge on any atom is -0.383 e. The Balaban J connectivity index is 0.696. The molecule has 3 aliphatic rings. The van der Waals surface area contributed by atoms with Gasteiger partial charge in [0.2, 0.25) is 27.8 Å². The summed E-state index contributed by atoms with van der Waals surface area (Å²) in [5.41, 5.74) is 4.56. The van der Waals surface area contributed by atoms with Gasteiger partial charge >= 0.3 is 0 Å². The van der Waals surface area contributed by atoms with Gasteiger partial charge in [-0.3, -0.25) is 34.3 Å². The Labute approximate surface area is 409 Å². The van der Waals surface area contributed by atoms with Crippen molar-refractivity contribution in [2.45, 2.75) is 63.3 Å². The van der Waals surface area contributed by atoms with Gasteiger partial charge in [-0.05, 0) is 79.8 Å². The van der Waals surface area contributed by atoms with E-state index < -0.39 is 45.1 Å². The van der Waals surface area contributed by atoms with Crippen LogP contribution in [0.15, 0.2) is 71.8 Å². The highest BCUT2D eigenvalue weighted by Crippen LogP contribution is 2.37. The average molecular weight is 985 g/mol. The van der Waals surface area contributed by atoms with Crippen LogP contribution in [-0.2, 0) is 44.0 Å². The van der Waals surface area contributed by atoms with Gasteiger partial charge in [0.25, 0.3) is 11.8 Å². The summed E-state index contributed by atoms with van der Waals surface area (Å²) in [5, 5.41) is 17.6. The summed E-state index contributed by atoms with van der Waals surface area (Å²) in [6, 6.07) is 17.1. The van der Waals surface area contributed by atoms with Crippen LogP contribution < -0.4 is 31.3 Å². The zero-order valence-corrected chi connectivity index (χ0v) is 41.1. The second-order valence-corrected chi connectivity index (χ2v) is 19.8. The summed E-state index contributed by atoms with van der Waals surface area (Å²) < 4.78 is 47.5. The van der Waals surface area contributed by atoms with Gasteiger partial charge in [0.15, 0.2) is 0 Å². The average Bonchev–Trinajstić information content (AvgIpc) is 3.57. The second-order valence-electron chi connectivity index (χ2n) is 18.3. The quantitative estimate of drug-likeness (QED) is 0.0485. The number of hydrogen-bond acceptors (Lipinski definition) is 17. The van der Waals surface area contributed by atoms with Crippen LogP contribution in [0.3, 0.4) is 0 Å². The monoisotopic (exact) mass is 984 g/mol. The first-order chi connectivity index (χ1) is 33.6. The fraction of sp³-hybridized carbons (Fsp3) is 0.469. The predicted octanol–water partition coefficient (Wildman–Crippen LogP) is 4.31. The topological polar surface area (TPSA) is 249 Å². The van der Waals surface area contributed by atoms with Gasteiger partial charge in [0.1, 0.15) is 11.9 Å². The van der Waals surface area contributed by atoms with Crippen molar-refractivity contribution in [3.05, 3.63) is 89.1 Å². The molecule has 3 aliphatic heterocycles. The van der Waals surface area contributed by atoms with E-state index in [1.165, 1.54) is 6.07 Å². The number of carbonyl (C=O) groups excluding carboxylic acids is 4. The molecule has 20 nitrogen and oxygen atoms in total. The first-order valence-corrected chi connectivity index (χ1v) is 25.1. The number of carbonyl (C=O) groups is 4. The van der Waals surface area contributed by atoms with E-state index >= 15 is 0 Å². The van der Waals surface area contributed by atoms with E-state index in [4.69, 9.17) is 29.1 Å². The Morgan fingerprint density at radius 2 is 1.43 bits per heavy atom. The number of nitrogens with two attached hydrogens (primary N) is 1. The molecule has 7 rings (SSSR count). The van der Waals surface area contributed by atoms with E-state index in [0.29, 0.717) is 88.1 Å². The number of imide groups is 2. The van der Waals surface area contributed by atoms with Crippen LogP contribution in [0, 0.1) is 6.92 Å². The van der Waals surface area contributed by atoms with Crippen molar-refractivity contribution in [2.75, 3.05) is 113 Å². The third-order valence-corrected chi connectivity index (χ3v) is 13.0. The molecule has 1 atom stereocenters. The van der Waals surface area contributed by atoms with Crippen molar-refractivity contribution in [2.24, 2.45) is 5.14 Å². The molecule has 0 saturated carbocycles. The third-order valence-electron chi connectivity index (χ3n) is 12.1. The van der Waals surface area contributed by atoms with E-state index in [1.807, 2.05) is 45.9 Å². The maximum absolute atomic E-state index is 13.0. The van der Waals surface area contributed by atoms with Crippen LogP contribution in [0.5, 0.6) is 0 Å². The number of sulfonamides is 1. The van der Waals surface area contributed by atoms with E-state index in [0.717, 1.165) is 61.0 Å². The van der Waals surface area contributed by atoms with Crippen molar-refractivity contribution in [3.63, 3.8) is 0 Å². The molecule has 0 bridgehead atoms. The lowest BCUT2D eigenvalue weighted by Crippen LogP contribution is -2.54. The minimum absolute atomic E-state index is 0.0697. The molecule has 4 heterocycles. The normalized spacial score (nSPS) is 16.7. The maximum atomic E-state index is 13.0. The highest BCUT2D eigenvalue weighted by molar-refractivity contribution is 7.89. The molecule has 4 amide bonds. The number of nitrogens with one attached hydrogen (secondary N) is 4. The van der Waals surface area contributed by atoms with Crippen LogP contribution in [0.4, 0.5) is 34.5 Å². The number of anilines is 6. The number of hydrogen-bond donors (Lipinski definition) is 5. The molecule has 0 radical (unpaired) electrons. The number of amides is 4. The molecule has 2 fully saturated rings. The molecule has 3 aromatic carbocycles.